The Labute approximate surface area is 150 Å². The summed E-state index contributed by atoms with van der Waals surface area (Å²) in [5.74, 6) is -0.448. The van der Waals surface area contributed by atoms with Crippen molar-refractivity contribution in [2.75, 3.05) is 11.9 Å². The van der Waals surface area contributed by atoms with Crippen molar-refractivity contribution >= 4 is 28.9 Å². The molecule has 0 aromatic heterocycles. The Morgan fingerprint density at radius 3 is 2.54 bits per heavy atom. The molecule has 0 bridgehead atoms. The van der Waals surface area contributed by atoms with Crippen molar-refractivity contribution in [2.24, 2.45) is 0 Å². The van der Waals surface area contributed by atoms with E-state index >= 15 is 0 Å². The molecule has 2 aromatic carbocycles. The summed E-state index contributed by atoms with van der Waals surface area (Å²) in [6.07, 6.45) is -4.65. The summed E-state index contributed by atoms with van der Waals surface area (Å²) in [6, 6.07) is 6.81. The number of nitrogens with zero attached hydrogens (tertiary/aromatic N) is 1. The van der Waals surface area contributed by atoms with Crippen molar-refractivity contribution in [3.63, 3.8) is 0 Å². The number of alkyl halides is 3. The van der Waals surface area contributed by atoms with Crippen LogP contribution in [0.15, 0.2) is 36.4 Å². The molecule has 10 heteroatoms. The highest BCUT2D eigenvalue weighted by atomic mass is 35.5. The highest BCUT2D eigenvalue weighted by Gasteiger charge is 2.33. The van der Waals surface area contributed by atoms with E-state index in [4.69, 9.17) is 16.3 Å². The van der Waals surface area contributed by atoms with E-state index in [2.05, 4.69) is 5.32 Å². The molecule has 0 saturated heterocycles. The van der Waals surface area contributed by atoms with Gasteiger partial charge < -0.3 is 10.1 Å². The van der Waals surface area contributed by atoms with E-state index in [1.807, 2.05) is 0 Å². The van der Waals surface area contributed by atoms with Gasteiger partial charge in [0, 0.05) is 17.8 Å². The molecule has 0 heterocycles. The third-order valence-corrected chi connectivity index (χ3v) is 3.61. The number of anilines is 1. The molecule has 26 heavy (non-hydrogen) atoms. The van der Waals surface area contributed by atoms with Crippen LogP contribution in [0.25, 0.3) is 0 Å². The maximum atomic E-state index is 12.8. The number of nitro benzene ring substituents is 1. The Balaban J connectivity index is 2.03. The number of aryl methyl sites for hydroxylation is 1. The van der Waals surface area contributed by atoms with E-state index in [-0.39, 0.29) is 17.1 Å². The first-order valence-corrected chi connectivity index (χ1v) is 7.50. The lowest BCUT2D eigenvalue weighted by atomic mass is 10.2. The molecule has 1 N–H and O–H groups in total. The van der Waals surface area contributed by atoms with Gasteiger partial charge in [-0.2, -0.15) is 13.2 Å². The molecule has 0 aliphatic carbocycles. The summed E-state index contributed by atoms with van der Waals surface area (Å²) in [6.45, 7) is 1.08. The third kappa shape index (κ3) is 4.85. The van der Waals surface area contributed by atoms with Gasteiger partial charge in [-0.15, -0.1) is 0 Å². The fraction of sp³-hybridized carbons (Fsp3) is 0.188. The van der Waals surface area contributed by atoms with Crippen LogP contribution in [0, 0.1) is 17.0 Å². The number of carbonyl (C=O) groups excluding carboxylic acids is 1. The van der Waals surface area contributed by atoms with Crippen LogP contribution in [0.4, 0.5) is 24.5 Å². The predicted molar refractivity (Wildman–Crippen MR) is 88.4 cm³/mol. The number of nitrogens with one attached hydrogen (secondary N) is 1. The lowest BCUT2D eigenvalue weighted by molar-refractivity contribution is -0.384. The van der Waals surface area contributed by atoms with E-state index in [1.54, 1.807) is 6.92 Å². The first-order valence-electron chi connectivity index (χ1n) is 7.12. The van der Waals surface area contributed by atoms with Crippen molar-refractivity contribution in [2.45, 2.75) is 13.1 Å². The van der Waals surface area contributed by atoms with Gasteiger partial charge >= 0.3 is 6.18 Å². The topological polar surface area (TPSA) is 81.5 Å². The molecule has 0 fully saturated rings. The molecule has 0 aliphatic rings. The van der Waals surface area contributed by atoms with Crippen LogP contribution in [-0.2, 0) is 11.0 Å². The van der Waals surface area contributed by atoms with Gasteiger partial charge in [0.2, 0.25) is 0 Å². The molecule has 0 unspecified atom stereocenters. The van der Waals surface area contributed by atoms with Crippen molar-refractivity contribution in [3.8, 4) is 5.75 Å². The maximum Gasteiger partial charge on any atom is 0.417 e. The number of ether oxygens (including phenoxy) is 1. The number of hydrogen-bond acceptors (Lipinski definition) is 4. The second-order valence-corrected chi connectivity index (χ2v) is 5.64. The van der Waals surface area contributed by atoms with Crippen molar-refractivity contribution in [3.05, 3.63) is 62.7 Å². The van der Waals surface area contributed by atoms with Crippen LogP contribution in [0.2, 0.25) is 5.02 Å². The van der Waals surface area contributed by atoms with Gasteiger partial charge in [0.05, 0.1) is 15.5 Å². The van der Waals surface area contributed by atoms with Crippen LogP contribution in [-0.4, -0.2) is 17.4 Å². The molecule has 0 atom stereocenters. The zero-order chi connectivity index (χ0) is 19.5. The van der Waals surface area contributed by atoms with Gasteiger partial charge in [0.1, 0.15) is 5.75 Å². The van der Waals surface area contributed by atoms with Gasteiger partial charge in [-0.25, -0.2) is 0 Å². The molecule has 0 radical (unpaired) electrons. The second kappa shape index (κ2) is 7.61. The van der Waals surface area contributed by atoms with Gasteiger partial charge in [-0.1, -0.05) is 11.6 Å². The van der Waals surface area contributed by atoms with E-state index in [0.717, 1.165) is 12.1 Å². The normalized spacial score (nSPS) is 11.1. The van der Waals surface area contributed by atoms with Gasteiger partial charge in [-0.05, 0) is 36.8 Å². The molecule has 138 valence electrons. The Morgan fingerprint density at radius 1 is 1.27 bits per heavy atom. The van der Waals surface area contributed by atoms with E-state index in [1.165, 1.54) is 24.3 Å². The zero-order valence-electron chi connectivity index (χ0n) is 13.3. The summed E-state index contributed by atoms with van der Waals surface area (Å²) in [5, 5.41) is 12.5. The maximum absolute atomic E-state index is 12.8. The summed E-state index contributed by atoms with van der Waals surface area (Å²) in [5.41, 5.74) is -0.835. The minimum atomic E-state index is -4.65. The smallest absolute Gasteiger partial charge is 0.417 e. The summed E-state index contributed by atoms with van der Waals surface area (Å²) < 4.78 is 43.6. The number of amides is 1. The van der Waals surface area contributed by atoms with Gasteiger partial charge in [0.15, 0.2) is 6.61 Å². The minimum Gasteiger partial charge on any atom is -0.483 e. The highest BCUT2D eigenvalue weighted by molar-refractivity contribution is 6.31. The molecule has 2 rings (SSSR count). The lowest BCUT2D eigenvalue weighted by Gasteiger charge is -2.12. The molecule has 6 nitrogen and oxygen atoms in total. The van der Waals surface area contributed by atoms with E-state index < -0.39 is 34.2 Å². The fourth-order valence-electron chi connectivity index (χ4n) is 2.07. The van der Waals surface area contributed by atoms with Gasteiger partial charge in [0.25, 0.3) is 11.6 Å². The average molecular weight is 389 g/mol. The Morgan fingerprint density at radius 2 is 1.96 bits per heavy atom. The molecular weight excluding hydrogens is 377 g/mol. The molecular formula is C16H12ClF3N2O4. The number of benzene rings is 2. The lowest BCUT2D eigenvalue weighted by Crippen LogP contribution is -2.20. The van der Waals surface area contributed by atoms with Gasteiger partial charge in [-0.3, -0.25) is 14.9 Å². The Bertz CT molecular complexity index is 856. The van der Waals surface area contributed by atoms with E-state index in [9.17, 15) is 28.1 Å². The first kappa shape index (κ1) is 19.5. The van der Waals surface area contributed by atoms with Crippen LogP contribution in [0.5, 0.6) is 5.75 Å². The number of carbonyl (C=O) groups is 1. The number of nitro groups is 1. The number of non-ortho nitro benzene ring substituents is 1. The number of rotatable bonds is 5. The van der Waals surface area contributed by atoms with Crippen LogP contribution >= 0.6 is 11.6 Å². The monoisotopic (exact) mass is 388 g/mol. The zero-order valence-corrected chi connectivity index (χ0v) is 14.0. The highest BCUT2D eigenvalue weighted by Crippen LogP contribution is 2.36. The average Bonchev–Trinajstić information content (AvgIpc) is 2.54. The van der Waals surface area contributed by atoms with Crippen molar-refractivity contribution in [1.82, 2.24) is 0 Å². The van der Waals surface area contributed by atoms with Crippen molar-refractivity contribution in [1.29, 1.82) is 0 Å². The SMILES string of the molecule is Cc1cc([N+](=O)[O-])ccc1OCC(=O)Nc1ccc(Cl)c(C(F)(F)F)c1. The molecule has 0 spiro atoms. The number of halogens is 4. The van der Waals surface area contributed by atoms with Crippen molar-refractivity contribution < 1.29 is 27.6 Å². The molecule has 0 saturated carbocycles. The summed E-state index contributed by atoms with van der Waals surface area (Å²) in [7, 11) is 0. The quantitative estimate of drug-likeness (QED) is 0.600. The predicted octanol–water partition coefficient (Wildman–Crippen LogP) is 4.59. The fourth-order valence-corrected chi connectivity index (χ4v) is 2.29. The number of hydrogen-bond donors (Lipinski definition) is 1. The molecule has 0 aliphatic heterocycles. The van der Waals surface area contributed by atoms with Crippen LogP contribution < -0.4 is 10.1 Å². The van der Waals surface area contributed by atoms with Crippen LogP contribution in [0.1, 0.15) is 11.1 Å². The standard InChI is InChI=1S/C16H12ClF3N2O4/c1-9-6-11(22(24)25)3-5-14(9)26-8-15(23)21-10-2-4-13(17)12(7-10)16(18,19)20/h2-7H,8H2,1H3,(H,21,23). The second-order valence-electron chi connectivity index (χ2n) is 5.24. The summed E-state index contributed by atoms with van der Waals surface area (Å²) >= 11 is 5.51. The molecule has 1 amide bonds. The third-order valence-electron chi connectivity index (χ3n) is 3.28. The Kier molecular flexibility index (Phi) is 5.71. The molecule has 2 aromatic rings. The largest absolute Gasteiger partial charge is 0.483 e. The first-order chi connectivity index (χ1) is 12.1. The summed E-state index contributed by atoms with van der Waals surface area (Å²) in [4.78, 5) is 22.0. The Hall–Kier alpha value is -2.81. The van der Waals surface area contributed by atoms with Crippen LogP contribution in [0.3, 0.4) is 0 Å². The van der Waals surface area contributed by atoms with E-state index in [0.29, 0.717) is 5.56 Å². The minimum absolute atomic E-state index is 0.0873.